The van der Waals surface area contributed by atoms with Gasteiger partial charge >= 0.3 is 0 Å². The zero-order chi connectivity index (χ0) is 40.0. The summed E-state index contributed by atoms with van der Waals surface area (Å²) in [5.74, 6) is 0. The zero-order valence-electron chi connectivity index (χ0n) is 33.3. The van der Waals surface area contributed by atoms with Gasteiger partial charge in [0.25, 0.3) is 0 Å². The van der Waals surface area contributed by atoms with Crippen LogP contribution in [0.5, 0.6) is 0 Å². The Hall–Kier alpha value is -8.00. The van der Waals surface area contributed by atoms with Gasteiger partial charge in [0.1, 0.15) is 0 Å². The standard InChI is InChI=1S/C60H37N/c1-4-14-41-31-44(22-21-38(41)11-1)45-25-29-53-55(34-45)49-17-7-9-19-51(49)57-37-60-54-30-28-48(35-56(54)50-18-8-10-20-52(50)58(60)36-59(53)57)61(46-26-23-39-12-2-5-15-42(39)32-46)47-27-24-40-13-3-6-16-43(40)33-47/h1-37H. The molecule has 0 spiro atoms. The maximum Gasteiger partial charge on any atom is 0.0468 e. The van der Waals surface area contributed by atoms with Gasteiger partial charge in [-0.15, -0.1) is 0 Å². The van der Waals surface area contributed by atoms with Crippen molar-refractivity contribution in [2.45, 2.75) is 0 Å². The minimum atomic E-state index is 1.13. The van der Waals surface area contributed by atoms with Crippen LogP contribution in [0, 0.1) is 0 Å². The van der Waals surface area contributed by atoms with Crippen molar-refractivity contribution in [3.8, 4) is 11.1 Å². The number of anilines is 3. The largest absolute Gasteiger partial charge is 0.310 e. The molecule has 1 nitrogen and oxygen atoms in total. The summed E-state index contributed by atoms with van der Waals surface area (Å²) in [4.78, 5) is 2.42. The van der Waals surface area contributed by atoms with Gasteiger partial charge in [-0.1, -0.05) is 164 Å². The molecule has 13 rings (SSSR count). The number of benzene rings is 13. The van der Waals surface area contributed by atoms with Crippen LogP contribution in [0.1, 0.15) is 0 Å². The number of fused-ring (bicyclic) bond motifs is 15. The molecule has 0 heterocycles. The third-order valence-corrected chi connectivity index (χ3v) is 13.1. The predicted octanol–water partition coefficient (Wildman–Crippen LogP) is 17.2. The van der Waals surface area contributed by atoms with Gasteiger partial charge in [-0.3, -0.25) is 0 Å². The first-order chi connectivity index (χ1) is 30.2. The summed E-state index contributed by atoms with van der Waals surface area (Å²) in [7, 11) is 0. The normalized spacial score (nSPS) is 11.9. The van der Waals surface area contributed by atoms with E-state index in [4.69, 9.17) is 0 Å². The molecule has 0 N–H and O–H groups in total. The van der Waals surface area contributed by atoms with Crippen molar-refractivity contribution in [1.29, 1.82) is 0 Å². The van der Waals surface area contributed by atoms with Crippen LogP contribution in [-0.2, 0) is 0 Å². The molecule has 0 saturated carbocycles. The Balaban J connectivity index is 1.05. The summed E-state index contributed by atoms with van der Waals surface area (Å²) in [6, 6.07) is 83.4. The summed E-state index contributed by atoms with van der Waals surface area (Å²) in [5.41, 5.74) is 5.86. The average Bonchev–Trinajstić information content (AvgIpc) is 3.33. The highest BCUT2D eigenvalue weighted by Gasteiger charge is 2.19. The van der Waals surface area contributed by atoms with E-state index in [2.05, 4.69) is 229 Å². The van der Waals surface area contributed by atoms with E-state index in [0.29, 0.717) is 0 Å². The molecule has 0 aliphatic rings. The lowest BCUT2D eigenvalue weighted by Gasteiger charge is -2.27. The second kappa shape index (κ2) is 13.3. The molecular formula is C60H37N. The van der Waals surface area contributed by atoms with Crippen molar-refractivity contribution >= 4 is 114 Å². The highest BCUT2D eigenvalue weighted by molar-refractivity contribution is 6.33. The van der Waals surface area contributed by atoms with Crippen LogP contribution in [0.4, 0.5) is 17.1 Å². The quantitative estimate of drug-likeness (QED) is 0.127. The second-order valence-electron chi connectivity index (χ2n) is 16.5. The molecule has 0 saturated heterocycles. The van der Waals surface area contributed by atoms with Crippen molar-refractivity contribution in [2.75, 3.05) is 4.90 Å². The van der Waals surface area contributed by atoms with Gasteiger partial charge in [-0.25, -0.2) is 0 Å². The lowest BCUT2D eigenvalue weighted by molar-refractivity contribution is 1.30. The van der Waals surface area contributed by atoms with Gasteiger partial charge in [0.2, 0.25) is 0 Å². The molecule has 0 fully saturated rings. The van der Waals surface area contributed by atoms with Gasteiger partial charge in [0, 0.05) is 17.1 Å². The molecule has 0 radical (unpaired) electrons. The first-order valence-electron chi connectivity index (χ1n) is 21.2. The maximum absolute atomic E-state index is 2.47. The Morgan fingerprint density at radius 1 is 0.180 bits per heavy atom. The van der Waals surface area contributed by atoms with Crippen molar-refractivity contribution in [3.63, 3.8) is 0 Å². The van der Waals surface area contributed by atoms with Crippen LogP contribution in [0.2, 0.25) is 0 Å². The van der Waals surface area contributed by atoms with Crippen molar-refractivity contribution < 1.29 is 0 Å². The highest BCUT2D eigenvalue weighted by Crippen LogP contribution is 2.45. The molecule has 13 aromatic carbocycles. The fourth-order valence-electron chi connectivity index (χ4n) is 10.2. The van der Waals surface area contributed by atoms with Gasteiger partial charge < -0.3 is 4.90 Å². The SMILES string of the molecule is c1ccc2cc(-c3ccc4c(c3)c3ccccc3c3cc5c6ccc(N(c7ccc8ccccc8c7)c7ccc8ccccc8c7)cc6c6ccccc6c5cc43)ccc2c1. The smallest absolute Gasteiger partial charge is 0.0468 e. The number of hydrogen-bond donors (Lipinski definition) is 0. The van der Waals surface area contributed by atoms with E-state index in [1.54, 1.807) is 0 Å². The molecule has 0 unspecified atom stereocenters. The molecule has 61 heavy (non-hydrogen) atoms. The molecule has 282 valence electrons. The lowest BCUT2D eigenvalue weighted by Crippen LogP contribution is -2.10. The third-order valence-electron chi connectivity index (χ3n) is 13.1. The van der Waals surface area contributed by atoms with Gasteiger partial charge in [-0.2, -0.15) is 0 Å². The third kappa shape index (κ3) is 5.34. The van der Waals surface area contributed by atoms with E-state index in [0.717, 1.165) is 17.1 Å². The van der Waals surface area contributed by atoms with Crippen molar-refractivity contribution in [1.82, 2.24) is 0 Å². The second-order valence-corrected chi connectivity index (χ2v) is 16.5. The molecule has 0 atom stereocenters. The molecule has 0 aliphatic carbocycles. The van der Waals surface area contributed by atoms with Crippen LogP contribution in [0.15, 0.2) is 224 Å². The van der Waals surface area contributed by atoms with Crippen LogP contribution in [0.25, 0.3) is 108 Å². The summed E-state index contributed by atoms with van der Waals surface area (Å²) in [5, 5.41) is 22.7. The van der Waals surface area contributed by atoms with Gasteiger partial charge in [0.15, 0.2) is 0 Å². The minimum absolute atomic E-state index is 1.13. The van der Waals surface area contributed by atoms with E-state index >= 15 is 0 Å². The number of rotatable bonds is 4. The predicted molar refractivity (Wildman–Crippen MR) is 264 cm³/mol. The Kier molecular flexibility index (Phi) is 7.37. The maximum atomic E-state index is 2.47. The van der Waals surface area contributed by atoms with E-state index in [1.165, 1.54) is 108 Å². The fourth-order valence-corrected chi connectivity index (χ4v) is 10.2. The lowest BCUT2D eigenvalue weighted by atomic mass is 9.87. The van der Waals surface area contributed by atoms with E-state index in [1.807, 2.05) is 0 Å². The topological polar surface area (TPSA) is 3.24 Å². The van der Waals surface area contributed by atoms with Crippen molar-refractivity contribution in [2.24, 2.45) is 0 Å². The first-order valence-corrected chi connectivity index (χ1v) is 21.2. The van der Waals surface area contributed by atoms with E-state index in [9.17, 15) is 0 Å². The van der Waals surface area contributed by atoms with Crippen LogP contribution in [0.3, 0.4) is 0 Å². The summed E-state index contributed by atoms with van der Waals surface area (Å²) in [6.45, 7) is 0. The Morgan fingerprint density at radius 3 is 1.00 bits per heavy atom. The van der Waals surface area contributed by atoms with Crippen LogP contribution < -0.4 is 4.90 Å². The van der Waals surface area contributed by atoms with Gasteiger partial charge in [0.05, 0.1) is 0 Å². The molecule has 0 amide bonds. The minimum Gasteiger partial charge on any atom is -0.310 e. The van der Waals surface area contributed by atoms with Gasteiger partial charge in [-0.05, 0) is 169 Å². The Labute approximate surface area is 352 Å². The monoisotopic (exact) mass is 771 g/mol. The number of nitrogens with zero attached hydrogens (tertiary/aromatic N) is 1. The average molecular weight is 772 g/mol. The Morgan fingerprint density at radius 2 is 0.492 bits per heavy atom. The zero-order valence-corrected chi connectivity index (χ0v) is 33.3. The molecular weight excluding hydrogens is 735 g/mol. The summed E-state index contributed by atoms with van der Waals surface area (Å²) >= 11 is 0. The van der Waals surface area contributed by atoms with E-state index < -0.39 is 0 Å². The fraction of sp³-hybridized carbons (Fsp3) is 0. The summed E-state index contributed by atoms with van der Waals surface area (Å²) < 4.78 is 0. The number of hydrogen-bond acceptors (Lipinski definition) is 1. The van der Waals surface area contributed by atoms with Crippen molar-refractivity contribution in [3.05, 3.63) is 224 Å². The molecule has 13 aromatic rings. The molecule has 1 heteroatoms. The van der Waals surface area contributed by atoms with E-state index in [-0.39, 0.29) is 0 Å². The summed E-state index contributed by atoms with van der Waals surface area (Å²) in [6.07, 6.45) is 0. The molecule has 0 aliphatic heterocycles. The molecule has 0 bridgehead atoms. The van der Waals surface area contributed by atoms with Crippen LogP contribution >= 0.6 is 0 Å². The Bertz CT molecular complexity index is 3870. The van der Waals surface area contributed by atoms with Crippen LogP contribution in [-0.4, -0.2) is 0 Å². The molecule has 0 aromatic heterocycles. The highest BCUT2D eigenvalue weighted by atomic mass is 15.1. The first kappa shape index (κ1) is 33.9.